The summed E-state index contributed by atoms with van der Waals surface area (Å²) < 4.78 is 10.2. The number of carboxylic acid groups (broad SMARTS) is 1. The van der Waals surface area contributed by atoms with Crippen molar-refractivity contribution < 1.29 is 19.4 Å². The standard InChI is InChI=1S/C11H15NO4/c1-15-10(6-12)8-2-4-9(5-3-8)16-7-11(13)14/h2-5,10H,6-7,12H2,1H3,(H,13,14). The number of carbonyl (C=O) groups is 1. The number of rotatable bonds is 6. The molecule has 88 valence electrons. The summed E-state index contributed by atoms with van der Waals surface area (Å²) in [5.41, 5.74) is 6.46. The molecule has 0 aliphatic carbocycles. The number of aliphatic carboxylic acids is 1. The maximum Gasteiger partial charge on any atom is 0.341 e. The first kappa shape index (κ1) is 12.5. The second-order valence-corrected chi connectivity index (χ2v) is 3.21. The number of hydrogen-bond acceptors (Lipinski definition) is 4. The lowest BCUT2D eigenvalue weighted by Crippen LogP contribution is -2.14. The van der Waals surface area contributed by atoms with Gasteiger partial charge in [-0.1, -0.05) is 12.1 Å². The van der Waals surface area contributed by atoms with Crippen molar-refractivity contribution in [1.29, 1.82) is 0 Å². The zero-order valence-electron chi connectivity index (χ0n) is 9.05. The second kappa shape index (κ2) is 6.09. The Morgan fingerprint density at radius 1 is 1.44 bits per heavy atom. The number of benzene rings is 1. The third kappa shape index (κ3) is 3.52. The number of methoxy groups -OCH3 is 1. The van der Waals surface area contributed by atoms with Gasteiger partial charge in [-0.15, -0.1) is 0 Å². The van der Waals surface area contributed by atoms with E-state index in [9.17, 15) is 4.79 Å². The minimum atomic E-state index is -0.999. The molecule has 16 heavy (non-hydrogen) atoms. The van der Waals surface area contributed by atoms with Crippen LogP contribution >= 0.6 is 0 Å². The van der Waals surface area contributed by atoms with Crippen LogP contribution in [0.3, 0.4) is 0 Å². The maximum absolute atomic E-state index is 10.3. The topological polar surface area (TPSA) is 81.8 Å². The van der Waals surface area contributed by atoms with Crippen LogP contribution in [0.1, 0.15) is 11.7 Å². The van der Waals surface area contributed by atoms with Gasteiger partial charge < -0.3 is 20.3 Å². The van der Waals surface area contributed by atoms with E-state index in [2.05, 4.69) is 0 Å². The zero-order valence-corrected chi connectivity index (χ0v) is 9.05. The summed E-state index contributed by atoms with van der Waals surface area (Å²) in [7, 11) is 1.59. The van der Waals surface area contributed by atoms with Crippen molar-refractivity contribution in [2.75, 3.05) is 20.3 Å². The van der Waals surface area contributed by atoms with Crippen molar-refractivity contribution >= 4 is 5.97 Å². The van der Waals surface area contributed by atoms with Crippen LogP contribution in [0.2, 0.25) is 0 Å². The lowest BCUT2D eigenvalue weighted by atomic mass is 10.1. The van der Waals surface area contributed by atoms with Crippen LogP contribution in [0, 0.1) is 0 Å². The highest BCUT2D eigenvalue weighted by molar-refractivity contribution is 5.68. The Kier molecular flexibility index (Phi) is 4.75. The van der Waals surface area contributed by atoms with Crippen LogP contribution in [0.5, 0.6) is 5.75 Å². The molecule has 0 fully saturated rings. The van der Waals surface area contributed by atoms with Crippen LogP contribution in [-0.2, 0) is 9.53 Å². The fourth-order valence-electron chi connectivity index (χ4n) is 1.29. The Labute approximate surface area is 93.8 Å². The SMILES string of the molecule is COC(CN)c1ccc(OCC(=O)O)cc1. The Balaban J connectivity index is 2.63. The molecule has 0 saturated heterocycles. The first-order valence-corrected chi connectivity index (χ1v) is 4.84. The van der Waals surface area contributed by atoms with E-state index < -0.39 is 5.97 Å². The van der Waals surface area contributed by atoms with Crippen LogP contribution in [0.15, 0.2) is 24.3 Å². The average Bonchev–Trinajstić information content (AvgIpc) is 2.29. The molecule has 1 unspecified atom stereocenters. The third-order valence-electron chi connectivity index (χ3n) is 2.11. The summed E-state index contributed by atoms with van der Waals surface area (Å²) in [5.74, 6) is -0.487. The van der Waals surface area contributed by atoms with Gasteiger partial charge in [-0.2, -0.15) is 0 Å². The molecule has 5 heteroatoms. The Morgan fingerprint density at radius 2 is 2.06 bits per heavy atom. The van der Waals surface area contributed by atoms with Gasteiger partial charge in [-0.25, -0.2) is 4.79 Å². The molecular formula is C11H15NO4. The van der Waals surface area contributed by atoms with E-state index in [0.29, 0.717) is 12.3 Å². The Bertz CT molecular complexity index is 332. The van der Waals surface area contributed by atoms with E-state index in [1.165, 1.54) is 0 Å². The van der Waals surface area contributed by atoms with Crippen LogP contribution in [-0.4, -0.2) is 31.3 Å². The largest absolute Gasteiger partial charge is 0.482 e. The lowest BCUT2D eigenvalue weighted by molar-refractivity contribution is -0.139. The van der Waals surface area contributed by atoms with E-state index in [4.69, 9.17) is 20.3 Å². The molecule has 3 N–H and O–H groups in total. The van der Waals surface area contributed by atoms with Crippen molar-refractivity contribution in [3.05, 3.63) is 29.8 Å². The van der Waals surface area contributed by atoms with Gasteiger partial charge in [0.1, 0.15) is 5.75 Å². The molecule has 5 nitrogen and oxygen atoms in total. The molecule has 0 aliphatic rings. The smallest absolute Gasteiger partial charge is 0.341 e. The van der Waals surface area contributed by atoms with Gasteiger partial charge in [0.25, 0.3) is 0 Å². The molecule has 0 radical (unpaired) electrons. The van der Waals surface area contributed by atoms with Crippen LogP contribution < -0.4 is 10.5 Å². The van der Waals surface area contributed by atoms with E-state index in [1.54, 1.807) is 31.4 Å². The molecule has 0 aromatic heterocycles. The molecular weight excluding hydrogens is 210 g/mol. The molecule has 0 aliphatic heterocycles. The molecule has 1 aromatic carbocycles. The lowest BCUT2D eigenvalue weighted by Gasteiger charge is -2.13. The highest BCUT2D eigenvalue weighted by Gasteiger charge is 2.07. The molecule has 0 spiro atoms. The molecule has 1 atom stereocenters. The number of hydrogen-bond donors (Lipinski definition) is 2. The second-order valence-electron chi connectivity index (χ2n) is 3.21. The van der Waals surface area contributed by atoms with Gasteiger partial charge in [0.2, 0.25) is 0 Å². The molecule has 1 rings (SSSR count). The van der Waals surface area contributed by atoms with E-state index in [0.717, 1.165) is 5.56 Å². The van der Waals surface area contributed by atoms with E-state index >= 15 is 0 Å². The summed E-state index contributed by atoms with van der Waals surface area (Å²) in [6, 6.07) is 7.00. The molecule has 0 amide bonds. The highest BCUT2D eigenvalue weighted by Crippen LogP contribution is 2.19. The van der Waals surface area contributed by atoms with E-state index in [-0.39, 0.29) is 12.7 Å². The zero-order chi connectivity index (χ0) is 12.0. The van der Waals surface area contributed by atoms with Gasteiger partial charge in [-0.05, 0) is 17.7 Å². The number of nitrogens with two attached hydrogens (primary N) is 1. The molecule has 0 heterocycles. The van der Waals surface area contributed by atoms with Crippen molar-refractivity contribution in [3.8, 4) is 5.75 Å². The Morgan fingerprint density at radius 3 is 2.50 bits per heavy atom. The fourth-order valence-corrected chi connectivity index (χ4v) is 1.29. The summed E-state index contributed by atoms with van der Waals surface area (Å²) >= 11 is 0. The van der Waals surface area contributed by atoms with Crippen LogP contribution in [0.25, 0.3) is 0 Å². The van der Waals surface area contributed by atoms with Crippen LogP contribution in [0.4, 0.5) is 0 Å². The average molecular weight is 225 g/mol. The van der Waals surface area contributed by atoms with Gasteiger partial charge in [0.15, 0.2) is 6.61 Å². The highest BCUT2D eigenvalue weighted by atomic mass is 16.5. The summed E-state index contributed by atoms with van der Waals surface area (Å²) in [6.45, 7) is 0.0514. The summed E-state index contributed by atoms with van der Waals surface area (Å²) in [5, 5.41) is 8.43. The summed E-state index contributed by atoms with van der Waals surface area (Å²) in [6.07, 6.45) is -0.145. The van der Waals surface area contributed by atoms with Gasteiger partial charge in [0.05, 0.1) is 6.10 Å². The number of ether oxygens (including phenoxy) is 2. The van der Waals surface area contributed by atoms with Crippen molar-refractivity contribution in [2.45, 2.75) is 6.10 Å². The first-order valence-electron chi connectivity index (χ1n) is 4.84. The van der Waals surface area contributed by atoms with Crippen molar-refractivity contribution in [3.63, 3.8) is 0 Å². The predicted molar refractivity (Wildman–Crippen MR) is 58.4 cm³/mol. The quantitative estimate of drug-likeness (QED) is 0.748. The molecule has 0 saturated carbocycles. The fraction of sp³-hybridized carbons (Fsp3) is 0.364. The Hall–Kier alpha value is -1.59. The predicted octanol–water partition coefficient (Wildman–Crippen LogP) is 0.796. The van der Waals surface area contributed by atoms with Crippen molar-refractivity contribution in [1.82, 2.24) is 0 Å². The minimum absolute atomic E-state index is 0.145. The maximum atomic E-state index is 10.3. The van der Waals surface area contributed by atoms with Crippen molar-refractivity contribution in [2.24, 2.45) is 5.73 Å². The molecule has 1 aromatic rings. The third-order valence-corrected chi connectivity index (χ3v) is 2.11. The van der Waals surface area contributed by atoms with Gasteiger partial charge in [0, 0.05) is 13.7 Å². The normalized spacial score (nSPS) is 12.1. The molecule has 0 bridgehead atoms. The minimum Gasteiger partial charge on any atom is -0.482 e. The monoisotopic (exact) mass is 225 g/mol. The number of carboxylic acids is 1. The van der Waals surface area contributed by atoms with Gasteiger partial charge >= 0.3 is 5.97 Å². The van der Waals surface area contributed by atoms with E-state index in [1.807, 2.05) is 0 Å². The summed E-state index contributed by atoms with van der Waals surface area (Å²) in [4.78, 5) is 10.3. The van der Waals surface area contributed by atoms with Gasteiger partial charge in [-0.3, -0.25) is 0 Å². The first-order chi connectivity index (χ1) is 7.67.